The highest BCUT2D eigenvalue weighted by atomic mass is 32.2. The van der Waals surface area contributed by atoms with Gasteiger partial charge in [0, 0.05) is 19.1 Å². The van der Waals surface area contributed by atoms with E-state index < -0.39 is 34.0 Å². The monoisotopic (exact) mass is 439 g/mol. The average molecular weight is 440 g/mol. The number of esters is 1. The molecule has 1 atom stereocenters. The number of rotatable bonds is 6. The first-order chi connectivity index (χ1) is 14.1. The summed E-state index contributed by atoms with van der Waals surface area (Å²) in [7, 11) is -3.72. The summed E-state index contributed by atoms with van der Waals surface area (Å²) < 4.78 is 32.4. The molecule has 1 aliphatic heterocycles. The lowest BCUT2D eigenvalue weighted by Crippen LogP contribution is -2.46. The standard InChI is InChI=1S/C20H29N3O6S/c1-14(2)21-20(26)22-18(24)15(3)29-19(25)16-9-8-10-17(13-16)30(27,28)23-11-6-4-5-7-12-23/h8-10,13-15H,4-7,11-12H2,1-3H3,(H2,21,22,24,26). The van der Waals surface area contributed by atoms with E-state index in [4.69, 9.17) is 4.74 Å². The van der Waals surface area contributed by atoms with Crippen molar-refractivity contribution in [1.82, 2.24) is 14.9 Å². The molecule has 0 aliphatic carbocycles. The molecular weight excluding hydrogens is 410 g/mol. The van der Waals surface area contributed by atoms with Gasteiger partial charge in [0.2, 0.25) is 10.0 Å². The molecular formula is C20H29N3O6S. The molecule has 0 bridgehead atoms. The van der Waals surface area contributed by atoms with Crippen LogP contribution in [0.25, 0.3) is 0 Å². The number of benzene rings is 1. The summed E-state index contributed by atoms with van der Waals surface area (Å²) in [5, 5.41) is 4.57. The molecule has 1 unspecified atom stereocenters. The van der Waals surface area contributed by atoms with E-state index in [-0.39, 0.29) is 16.5 Å². The molecule has 1 aliphatic rings. The molecule has 0 radical (unpaired) electrons. The van der Waals surface area contributed by atoms with Gasteiger partial charge in [-0.3, -0.25) is 10.1 Å². The zero-order valence-electron chi connectivity index (χ0n) is 17.5. The average Bonchev–Trinajstić information content (AvgIpc) is 2.97. The van der Waals surface area contributed by atoms with E-state index in [1.54, 1.807) is 13.8 Å². The quantitative estimate of drug-likeness (QED) is 0.654. The molecule has 1 saturated heterocycles. The Bertz CT molecular complexity index is 876. The predicted octanol–water partition coefficient (Wildman–Crippen LogP) is 2.03. The van der Waals surface area contributed by atoms with Crippen LogP contribution in [0.1, 0.15) is 56.8 Å². The second-order valence-corrected chi connectivity index (χ2v) is 9.45. The highest BCUT2D eigenvalue weighted by Crippen LogP contribution is 2.21. The molecule has 1 heterocycles. The van der Waals surface area contributed by atoms with E-state index in [1.165, 1.54) is 35.5 Å². The SMILES string of the molecule is CC(C)NC(=O)NC(=O)C(C)OC(=O)c1cccc(S(=O)(=O)N2CCCCCC2)c1. The summed E-state index contributed by atoms with van der Waals surface area (Å²) in [6.07, 6.45) is 2.36. The van der Waals surface area contributed by atoms with Crippen LogP contribution in [0.3, 0.4) is 0 Å². The number of sulfonamides is 1. The van der Waals surface area contributed by atoms with Crippen LogP contribution in [0.5, 0.6) is 0 Å². The predicted molar refractivity (Wildman–Crippen MR) is 110 cm³/mol. The van der Waals surface area contributed by atoms with E-state index >= 15 is 0 Å². The van der Waals surface area contributed by atoms with Gasteiger partial charge < -0.3 is 10.1 Å². The molecule has 1 aromatic carbocycles. The van der Waals surface area contributed by atoms with E-state index in [9.17, 15) is 22.8 Å². The van der Waals surface area contributed by atoms with Gasteiger partial charge in [0.25, 0.3) is 5.91 Å². The number of urea groups is 1. The number of nitrogens with zero attached hydrogens (tertiary/aromatic N) is 1. The van der Waals surface area contributed by atoms with Crippen LogP contribution in [0.2, 0.25) is 0 Å². The number of nitrogens with one attached hydrogen (secondary N) is 2. The van der Waals surface area contributed by atoms with Crippen molar-refractivity contribution in [2.45, 2.75) is 63.5 Å². The van der Waals surface area contributed by atoms with Crippen molar-refractivity contribution in [3.05, 3.63) is 29.8 Å². The summed E-state index contributed by atoms with van der Waals surface area (Å²) in [5.41, 5.74) is 0.0113. The molecule has 2 rings (SSSR count). The topological polar surface area (TPSA) is 122 Å². The van der Waals surface area contributed by atoms with E-state index in [0.29, 0.717) is 13.1 Å². The van der Waals surface area contributed by atoms with Crippen molar-refractivity contribution in [3.8, 4) is 0 Å². The minimum absolute atomic E-state index is 0.00673. The molecule has 10 heteroatoms. The Morgan fingerprint density at radius 2 is 1.67 bits per heavy atom. The first-order valence-electron chi connectivity index (χ1n) is 10.0. The first-order valence-corrected chi connectivity index (χ1v) is 11.5. The third kappa shape index (κ3) is 6.53. The van der Waals surface area contributed by atoms with Gasteiger partial charge in [0.05, 0.1) is 10.5 Å². The van der Waals surface area contributed by atoms with Gasteiger partial charge in [0.1, 0.15) is 0 Å². The summed E-state index contributed by atoms with van der Waals surface area (Å²) in [4.78, 5) is 36.0. The van der Waals surface area contributed by atoms with Crippen molar-refractivity contribution >= 4 is 27.9 Å². The van der Waals surface area contributed by atoms with Crippen molar-refractivity contribution < 1.29 is 27.5 Å². The van der Waals surface area contributed by atoms with Gasteiger partial charge in [-0.1, -0.05) is 18.9 Å². The normalized spacial score (nSPS) is 16.4. The molecule has 0 saturated carbocycles. The summed E-state index contributed by atoms with van der Waals surface area (Å²) in [6.45, 7) is 5.70. The molecule has 0 spiro atoms. The van der Waals surface area contributed by atoms with Crippen molar-refractivity contribution in [2.24, 2.45) is 0 Å². The summed E-state index contributed by atoms with van der Waals surface area (Å²) >= 11 is 0. The molecule has 0 aromatic heterocycles. The van der Waals surface area contributed by atoms with Crippen molar-refractivity contribution in [3.63, 3.8) is 0 Å². The summed E-state index contributed by atoms with van der Waals surface area (Å²) in [5.74, 6) is -1.63. The van der Waals surface area contributed by atoms with Gasteiger partial charge in [-0.25, -0.2) is 18.0 Å². The minimum Gasteiger partial charge on any atom is -0.449 e. The van der Waals surface area contributed by atoms with Crippen molar-refractivity contribution in [1.29, 1.82) is 0 Å². The number of carbonyl (C=O) groups excluding carboxylic acids is 3. The van der Waals surface area contributed by atoms with Crippen LogP contribution >= 0.6 is 0 Å². The van der Waals surface area contributed by atoms with Crippen LogP contribution in [-0.2, 0) is 19.6 Å². The second kappa shape index (κ2) is 10.5. The van der Waals surface area contributed by atoms with Crippen LogP contribution in [-0.4, -0.2) is 55.9 Å². The molecule has 166 valence electrons. The maximum absolute atomic E-state index is 12.9. The minimum atomic E-state index is -3.72. The van der Waals surface area contributed by atoms with Crippen LogP contribution in [0.4, 0.5) is 4.79 Å². The lowest BCUT2D eigenvalue weighted by molar-refractivity contribution is -0.127. The fourth-order valence-corrected chi connectivity index (χ4v) is 4.57. The highest BCUT2D eigenvalue weighted by Gasteiger charge is 2.27. The molecule has 2 N–H and O–H groups in total. The Labute approximate surface area is 177 Å². The Kier molecular flexibility index (Phi) is 8.36. The van der Waals surface area contributed by atoms with E-state index in [0.717, 1.165) is 25.7 Å². The fraction of sp³-hybridized carbons (Fsp3) is 0.550. The Morgan fingerprint density at radius 1 is 1.03 bits per heavy atom. The van der Waals surface area contributed by atoms with Gasteiger partial charge in [0.15, 0.2) is 6.10 Å². The highest BCUT2D eigenvalue weighted by molar-refractivity contribution is 7.89. The third-order valence-corrected chi connectivity index (χ3v) is 6.48. The molecule has 1 aromatic rings. The van der Waals surface area contributed by atoms with Crippen LogP contribution in [0.15, 0.2) is 29.2 Å². The zero-order chi connectivity index (χ0) is 22.3. The zero-order valence-corrected chi connectivity index (χ0v) is 18.3. The first kappa shape index (κ1) is 23.8. The third-order valence-electron chi connectivity index (χ3n) is 4.58. The molecule has 30 heavy (non-hydrogen) atoms. The fourth-order valence-electron chi connectivity index (χ4n) is 3.01. The van der Waals surface area contributed by atoms with Crippen LogP contribution < -0.4 is 10.6 Å². The van der Waals surface area contributed by atoms with Gasteiger partial charge in [-0.15, -0.1) is 0 Å². The number of amides is 3. The Hall–Kier alpha value is -2.46. The molecule has 1 fully saturated rings. The second-order valence-electron chi connectivity index (χ2n) is 7.51. The maximum Gasteiger partial charge on any atom is 0.338 e. The van der Waals surface area contributed by atoms with Crippen molar-refractivity contribution in [2.75, 3.05) is 13.1 Å². The van der Waals surface area contributed by atoms with E-state index in [1.807, 2.05) is 0 Å². The lowest BCUT2D eigenvalue weighted by atomic mass is 10.2. The lowest BCUT2D eigenvalue weighted by Gasteiger charge is -2.20. The van der Waals surface area contributed by atoms with Gasteiger partial charge >= 0.3 is 12.0 Å². The Balaban J connectivity index is 2.06. The smallest absolute Gasteiger partial charge is 0.338 e. The molecule has 9 nitrogen and oxygen atoms in total. The van der Waals surface area contributed by atoms with Crippen LogP contribution in [0, 0.1) is 0 Å². The Morgan fingerprint density at radius 3 is 2.27 bits per heavy atom. The summed E-state index contributed by atoms with van der Waals surface area (Å²) in [6, 6.07) is 4.71. The largest absolute Gasteiger partial charge is 0.449 e. The van der Waals surface area contributed by atoms with Gasteiger partial charge in [-0.05, 0) is 51.8 Å². The number of hydrogen-bond donors (Lipinski definition) is 2. The maximum atomic E-state index is 12.9. The van der Waals surface area contributed by atoms with Gasteiger partial charge in [-0.2, -0.15) is 4.31 Å². The van der Waals surface area contributed by atoms with E-state index in [2.05, 4.69) is 10.6 Å². The number of hydrogen-bond acceptors (Lipinski definition) is 6. The number of carbonyl (C=O) groups is 3. The molecule has 3 amide bonds. The number of imide groups is 1. The number of ether oxygens (including phenoxy) is 1.